The summed E-state index contributed by atoms with van der Waals surface area (Å²) in [7, 11) is 0. The van der Waals surface area contributed by atoms with E-state index in [-0.39, 0.29) is 0 Å². The molecule has 3 rings (SSSR count). The molecule has 2 aromatic carbocycles. The van der Waals surface area contributed by atoms with Gasteiger partial charge in [-0.25, -0.2) is 9.78 Å². The maximum absolute atomic E-state index is 12.5. The van der Waals surface area contributed by atoms with Gasteiger partial charge in [0.05, 0.1) is 16.8 Å². The highest BCUT2D eigenvalue weighted by atomic mass is 35.5. The lowest BCUT2D eigenvalue weighted by atomic mass is 10.0. The van der Waals surface area contributed by atoms with Crippen LogP contribution in [0.3, 0.4) is 0 Å². The molecule has 0 aliphatic rings. The number of pyridine rings is 1. The molecule has 0 radical (unpaired) electrons. The lowest BCUT2D eigenvalue weighted by Crippen LogP contribution is -2.30. The second-order valence-corrected chi connectivity index (χ2v) is 5.97. The van der Waals surface area contributed by atoms with Crippen molar-refractivity contribution in [2.24, 2.45) is 5.73 Å². The molecular weight excluding hydrogens is 340 g/mol. The molecular formula is C19H15ClN2O3. The fraction of sp³-hybridized carbons (Fsp3) is 0.105. The number of rotatable bonds is 4. The SMILES string of the molecule is C[C@H](OC(=O)c1cc(-c2ccc(Cl)cc2)nc2ccccc12)C(N)=O. The topological polar surface area (TPSA) is 82.3 Å². The summed E-state index contributed by atoms with van der Waals surface area (Å²) in [5.74, 6) is -1.33. The van der Waals surface area contributed by atoms with Crippen LogP contribution < -0.4 is 5.73 Å². The van der Waals surface area contributed by atoms with Crippen LogP contribution >= 0.6 is 11.6 Å². The van der Waals surface area contributed by atoms with E-state index in [0.717, 1.165) is 5.56 Å². The molecule has 0 saturated heterocycles. The number of hydrogen-bond acceptors (Lipinski definition) is 4. The van der Waals surface area contributed by atoms with Crippen molar-refractivity contribution in [3.63, 3.8) is 0 Å². The number of amides is 1. The van der Waals surface area contributed by atoms with Gasteiger partial charge in [-0.3, -0.25) is 4.79 Å². The zero-order valence-corrected chi connectivity index (χ0v) is 14.2. The predicted octanol–water partition coefficient (Wildman–Crippen LogP) is 3.59. The Balaban J connectivity index is 2.11. The molecule has 0 spiro atoms. The van der Waals surface area contributed by atoms with Crippen LogP contribution in [0.1, 0.15) is 17.3 Å². The Morgan fingerprint density at radius 3 is 2.48 bits per heavy atom. The highest BCUT2D eigenvalue weighted by Crippen LogP contribution is 2.26. The summed E-state index contributed by atoms with van der Waals surface area (Å²) in [5, 5.41) is 1.25. The predicted molar refractivity (Wildman–Crippen MR) is 96.3 cm³/mol. The lowest BCUT2D eigenvalue weighted by molar-refractivity contribution is -0.125. The Hall–Kier alpha value is -2.92. The van der Waals surface area contributed by atoms with E-state index < -0.39 is 18.0 Å². The molecule has 0 aliphatic carbocycles. The molecule has 126 valence electrons. The van der Waals surface area contributed by atoms with E-state index in [1.807, 2.05) is 24.3 Å². The maximum Gasteiger partial charge on any atom is 0.339 e. The average Bonchev–Trinajstić information content (AvgIpc) is 2.61. The third-order valence-electron chi connectivity index (χ3n) is 3.76. The summed E-state index contributed by atoms with van der Waals surface area (Å²) >= 11 is 5.92. The van der Waals surface area contributed by atoms with Crippen LogP contribution in [-0.2, 0) is 9.53 Å². The molecule has 1 heterocycles. The third kappa shape index (κ3) is 3.61. The van der Waals surface area contributed by atoms with Gasteiger partial charge in [0.2, 0.25) is 0 Å². The van der Waals surface area contributed by atoms with Gasteiger partial charge in [-0.1, -0.05) is 41.9 Å². The molecule has 0 fully saturated rings. The monoisotopic (exact) mass is 354 g/mol. The number of carbonyl (C=O) groups excluding carboxylic acids is 2. The lowest BCUT2D eigenvalue weighted by Gasteiger charge is -2.12. The zero-order chi connectivity index (χ0) is 18.0. The summed E-state index contributed by atoms with van der Waals surface area (Å²) in [4.78, 5) is 28.3. The molecule has 1 amide bonds. The van der Waals surface area contributed by atoms with Gasteiger partial charge < -0.3 is 10.5 Å². The van der Waals surface area contributed by atoms with Crippen molar-refractivity contribution in [3.05, 3.63) is 65.2 Å². The standard InChI is InChI=1S/C19H15ClN2O3/c1-11(18(21)23)25-19(24)15-10-17(12-6-8-13(20)9-7-12)22-16-5-3-2-4-14(15)16/h2-11H,1H3,(H2,21,23)/t11-/m0/s1. The number of primary amides is 1. The van der Waals surface area contributed by atoms with Gasteiger partial charge in [-0.2, -0.15) is 0 Å². The third-order valence-corrected chi connectivity index (χ3v) is 4.01. The van der Waals surface area contributed by atoms with Crippen LogP contribution in [0.5, 0.6) is 0 Å². The Bertz CT molecular complexity index is 955. The van der Waals surface area contributed by atoms with Gasteiger partial charge in [0, 0.05) is 16.0 Å². The number of para-hydroxylation sites is 1. The molecule has 0 saturated carbocycles. The molecule has 3 aromatic rings. The minimum Gasteiger partial charge on any atom is -0.449 e. The van der Waals surface area contributed by atoms with Crippen LogP contribution in [0.15, 0.2) is 54.6 Å². The first-order valence-electron chi connectivity index (χ1n) is 7.62. The van der Waals surface area contributed by atoms with Gasteiger partial charge in [-0.05, 0) is 31.2 Å². The molecule has 1 aromatic heterocycles. The van der Waals surface area contributed by atoms with Gasteiger partial charge in [0.25, 0.3) is 5.91 Å². The van der Waals surface area contributed by atoms with Gasteiger partial charge in [0.15, 0.2) is 6.10 Å². The minimum atomic E-state index is -1.02. The van der Waals surface area contributed by atoms with E-state index >= 15 is 0 Å². The number of nitrogens with two attached hydrogens (primary N) is 1. The normalized spacial score (nSPS) is 11.9. The molecule has 5 nitrogen and oxygen atoms in total. The highest BCUT2D eigenvalue weighted by Gasteiger charge is 2.19. The van der Waals surface area contributed by atoms with Crippen LogP contribution in [0.4, 0.5) is 0 Å². The molecule has 0 bridgehead atoms. The van der Waals surface area contributed by atoms with Crippen molar-refractivity contribution in [1.82, 2.24) is 4.98 Å². The van der Waals surface area contributed by atoms with Crippen molar-refractivity contribution < 1.29 is 14.3 Å². The van der Waals surface area contributed by atoms with E-state index in [9.17, 15) is 9.59 Å². The van der Waals surface area contributed by atoms with E-state index in [0.29, 0.717) is 27.2 Å². The zero-order valence-electron chi connectivity index (χ0n) is 13.4. The van der Waals surface area contributed by atoms with Gasteiger partial charge >= 0.3 is 5.97 Å². The average molecular weight is 355 g/mol. The van der Waals surface area contributed by atoms with Crippen LogP contribution in [0.2, 0.25) is 5.02 Å². The smallest absolute Gasteiger partial charge is 0.339 e. The Labute approximate surface area is 149 Å². The van der Waals surface area contributed by atoms with Gasteiger partial charge in [0.1, 0.15) is 0 Å². The van der Waals surface area contributed by atoms with E-state index in [2.05, 4.69) is 4.98 Å². The van der Waals surface area contributed by atoms with Gasteiger partial charge in [-0.15, -0.1) is 0 Å². The van der Waals surface area contributed by atoms with Crippen LogP contribution in [-0.4, -0.2) is 23.0 Å². The van der Waals surface area contributed by atoms with Crippen molar-refractivity contribution in [2.45, 2.75) is 13.0 Å². The Morgan fingerprint density at radius 1 is 1.12 bits per heavy atom. The molecule has 2 N–H and O–H groups in total. The summed E-state index contributed by atoms with van der Waals surface area (Å²) in [6.07, 6.45) is -1.02. The number of aromatic nitrogens is 1. The van der Waals surface area contributed by atoms with Crippen molar-refractivity contribution in [3.8, 4) is 11.3 Å². The summed E-state index contributed by atoms with van der Waals surface area (Å²) in [5.41, 5.74) is 7.56. The van der Waals surface area contributed by atoms with E-state index in [1.165, 1.54) is 6.92 Å². The first-order valence-corrected chi connectivity index (χ1v) is 7.99. The van der Waals surface area contributed by atoms with E-state index in [1.54, 1.807) is 30.3 Å². The summed E-state index contributed by atoms with van der Waals surface area (Å²) < 4.78 is 5.15. The number of fused-ring (bicyclic) bond motifs is 1. The van der Waals surface area contributed by atoms with Crippen molar-refractivity contribution in [1.29, 1.82) is 0 Å². The Morgan fingerprint density at radius 2 is 1.80 bits per heavy atom. The molecule has 6 heteroatoms. The van der Waals surface area contributed by atoms with Crippen LogP contribution in [0, 0.1) is 0 Å². The fourth-order valence-corrected chi connectivity index (χ4v) is 2.52. The number of benzene rings is 2. The molecule has 1 atom stereocenters. The Kier molecular flexibility index (Phi) is 4.67. The fourth-order valence-electron chi connectivity index (χ4n) is 2.39. The molecule has 25 heavy (non-hydrogen) atoms. The number of carbonyl (C=O) groups is 2. The first kappa shape index (κ1) is 16.9. The molecule has 0 aliphatic heterocycles. The van der Waals surface area contributed by atoms with Crippen LogP contribution in [0.25, 0.3) is 22.2 Å². The second-order valence-electron chi connectivity index (χ2n) is 5.53. The number of esters is 1. The van der Waals surface area contributed by atoms with Crippen molar-refractivity contribution >= 4 is 34.4 Å². The number of hydrogen-bond donors (Lipinski definition) is 1. The largest absolute Gasteiger partial charge is 0.449 e. The van der Waals surface area contributed by atoms with Crippen molar-refractivity contribution in [2.75, 3.05) is 0 Å². The molecule has 0 unspecified atom stereocenters. The van der Waals surface area contributed by atoms with E-state index in [4.69, 9.17) is 22.1 Å². The highest BCUT2D eigenvalue weighted by molar-refractivity contribution is 6.30. The maximum atomic E-state index is 12.5. The second kappa shape index (κ2) is 6.91. The number of nitrogens with zero attached hydrogens (tertiary/aromatic N) is 1. The summed E-state index contributed by atoms with van der Waals surface area (Å²) in [6.45, 7) is 1.43. The first-order chi connectivity index (χ1) is 12.0. The number of halogens is 1. The minimum absolute atomic E-state index is 0.323. The quantitative estimate of drug-likeness (QED) is 0.726. The summed E-state index contributed by atoms with van der Waals surface area (Å²) in [6, 6.07) is 16.0. The number of ether oxygens (including phenoxy) is 1.